The molecule has 0 amide bonds. The smallest absolute Gasteiger partial charge is 0.133 e. The summed E-state index contributed by atoms with van der Waals surface area (Å²) in [5, 5.41) is 17.0. The number of aliphatic hydroxyl groups is 1. The van der Waals surface area contributed by atoms with Crippen LogP contribution in [0, 0.1) is 6.92 Å². The maximum atomic E-state index is 10.5. The van der Waals surface area contributed by atoms with Gasteiger partial charge in [0, 0.05) is 24.8 Å². The Labute approximate surface area is 114 Å². The van der Waals surface area contributed by atoms with E-state index in [1.54, 1.807) is 0 Å². The van der Waals surface area contributed by atoms with Gasteiger partial charge in [0.2, 0.25) is 0 Å². The molecular weight excluding hydrogens is 240 g/mol. The van der Waals surface area contributed by atoms with E-state index < -0.39 is 5.60 Å². The van der Waals surface area contributed by atoms with Gasteiger partial charge < -0.3 is 15.7 Å². The maximum Gasteiger partial charge on any atom is 0.133 e. The Hall–Kier alpha value is -1.20. The zero-order chi connectivity index (χ0) is 13.9. The topological polar surface area (TPSA) is 70.1 Å². The van der Waals surface area contributed by atoms with Gasteiger partial charge in [-0.2, -0.15) is 0 Å². The summed E-state index contributed by atoms with van der Waals surface area (Å²) in [5.41, 5.74) is 0.420. The van der Waals surface area contributed by atoms with Crippen molar-refractivity contribution in [1.82, 2.24) is 15.3 Å². The minimum absolute atomic E-state index is 0.363. The van der Waals surface area contributed by atoms with E-state index in [4.69, 9.17) is 0 Å². The zero-order valence-corrected chi connectivity index (χ0v) is 12.0. The highest BCUT2D eigenvalue weighted by atomic mass is 16.3. The van der Waals surface area contributed by atoms with Crippen LogP contribution in [0.3, 0.4) is 0 Å². The first-order chi connectivity index (χ1) is 9.00. The molecule has 1 aromatic heterocycles. The molecule has 1 saturated heterocycles. The first kappa shape index (κ1) is 14.2. The maximum absolute atomic E-state index is 10.5. The van der Waals surface area contributed by atoms with Crippen molar-refractivity contribution in [2.45, 2.75) is 45.1 Å². The highest BCUT2D eigenvalue weighted by Gasteiger charge is 2.29. The molecule has 1 aliphatic heterocycles. The van der Waals surface area contributed by atoms with E-state index >= 15 is 0 Å². The molecular formula is C14H24N4O. The zero-order valence-electron chi connectivity index (χ0n) is 12.0. The van der Waals surface area contributed by atoms with Crippen LogP contribution in [0.2, 0.25) is 0 Å². The molecule has 0 aromatic carbocycles. The summed E-state index contributed by atoms with van der Waals surface area (Å²) >= 11 is 0. The van der Waals surface area contributed by atoms with Crippen LogP contribution in [0.25, 0.3) is 0 Å². The van der Waals surface area contributed by atoms with Crippen molar-refractivity contribution in [1.29, 1.82) is 0 Å². The van der Waals surface area contributed by atoms with E-state index in [9.17, 15) is 5.11 Å². The normalized spacial score (nSPS) is 23.6. The van der Waals surface area contributed by atoms with Gasteiger partial charge in [0.05, 0.1) is 5.60 Å². The van der Waals surface area contributed by atoms with Crippen molar-refractivity contribution < 1.29 is 5.11 Å². The second-order valence-corrected chi connectivity index (χ2v) is 5.73. The largest absolute Gasteiger partial charge is 0.387 e. The van der Waals surface area contributed by atoms with Crippen molar-refractivity contribution in [3.63, 3.8) is 0 Å². The number of nitrogens with one attached hydrogen (secondary N) is 2. The summed E-state index contributed by atoms with van der Waals surface area (Å²) in [7, 11) is 0. The molecule has 5 nitrogen and oxygen atoms in total. The number of aryl methyl sites for hydroxylation is 1. The molecule has 5 heteroatoms. The van der Waals surface area contributed by atoms with E-state index in [0.717, 1.165) is 36.6 Å². The van der Waals surface area contributed by atoms with Crippen LogP contribution in [0.15, 0.2) is 6.20 Å². The highest BCUT2D eigenvalue weighted by molar-refractivity contribution is 5.45. The van der Waals surface area contributed by atoms with Crippen molar-refractivity contribution in [2.75, 3.05) is 25.0 Å². The fraction of sp³-hybridized carbons (Fsp3) is 0.714. The Kier molecular flexibility index (Phi) is 4.37. The third kappa shape index (κ3) is 3.64. The molecule has 3 N–H and O–H groups in total. The number of hydrogen-bond donors (Lipinski definition) is 3. The SMILES string of the molecule is Cc1ncc(C(C)C)c(NCC2(O)CCCNC2)n1. The Morgan fingerprint density at radius 3 is 2.95 bits per heavy atom. The molecule has 2 rings (SSSR count). The Morgan fingerprint density at radius 1 is 1.53 bits per heavy atom. The van der Waals surface area contributed by atoms with Crippen LogP contribution in [0.1, 0.15) is 44.0 Å². The number of aromatic nitrogens is 2. The molecule has 0 radical (unpaired) electrons. The fourth-order valence-corrected chi connectivity index (χ4v) is 2.39. The second kappa shape index (κ2) is 5.84. The lowest BCUT2D eigenvalue weighted by Crippen LogP contribution is -2.50. The Balaban J connectivity index is 2.07. The monoisotopic (exact) mass is 264 g/mol. The van der Waals surface area contributed by atoms with Crippen molar-refractivity contribution in [3.05, 3.63) is 17.6 Å². The summed E-state index contributed by atoms with van der Waals surface area (Å²) in [4.78, 5) is 8.70. The first-order valence-corrected chi connectivity index (χ1v) is 7.01. The molecule has 1 fully saturated rings. The van der Waals surface area contributed by atoms with Gasteiger partial charge in [-0.1, -0.05) is 13.8 Å². The van der Waals surface area contributed by atoms with Crippen LogP contribution in [0.4, 0.5) is 5.82 Å². The number of nitrogens with zero attached hydrogens (tertiary/aromatic N) is 2. The minimum atomic E-state index is -0.675. The van der Waals surface area contributed by atoms with E-state index in [1.165, 1.54) is 0 Å². The first-order valence-electron chi connectivity index (χ1n) is 7.01. The van der Waals surface area contributed by atoms with Crippen LogP contribution in [-0.4, -0.2) is 40.3 Å². The fourth-order valence-electron chi connectivity index (χ4n) is 2.39. The second-order valence-electron chi connectivity index (χ2n) is 5.73. The van der Waals surface area contributed by atoms with E-state index in [1.807, 2.05) is 13.1 Å². The van der Waals surface area contributed by atoms with Crippen LogP contribution in [-0.2, 0) is 0 Å². The lowest BCUT2D eigenvalue weighted by atomic mass is 9.94. The predicted molar refractivity (Wildman–Crippen MR) is 76.4 cm³/mol. The third-order valence-corrected chi connectivity index (χ3v) is 3.59. The number of piperidine rings is 1. The van der Waals surface area contributed by atoms with E-state index in [2.05, 4.69) is 34.4 Å². The summed E-state index contributed by atoms with van der Waals surface area (Å²) in [5.74, 6) is 1.96. The van der Waals surface area contributed by atoms with Gasteiger partial charge in [0.15, 0.2) is 0 Å². The van der Waals surface area contributed by atoms with Gasteiger partial charge in [-0.05, 0) is 32.2 Å². The standard InChI is InChI=1S/C14H24N4O/c1-10(2)12-7-16-11(3)18-13(12)17-9-14(19)5-4-6-15-8-14/h7,10,15,19H,4-6,8-9H2,1-3H3,(H,16,17,18). The molecule has 2 heterocycles. The molecule has 1 atom stereocenters. The average Bonchev–Trinajstić information content (AvgIpc) is 2.37. The molecule has 1 unspecified atom stereocenters. The van der Waals surface area contributed by atoms with Crippen molar-refractivity contribution in [2.24, 2.45) is 0 Å². The summed E-state index contributed by atoms with van der Waals surface area (Å²) in [6.45, 7) is 8.28. The van der Waals surface area contributed by atoms with Crippen LogP contribution in [0.5, 0.6) is 0 Å². The van der Waals surface area contributed by atoms with Gasteiger partial charge in [-0.15, -0.1) is 0 Å². The molecule has 106 valence electrons. The quantitative estimate of drug-likeness (QED) is 0.767. The highest BCUT2D eigenvalue weighted by Crippen LogP contribution is 2.23. The van der Waals surface area contributed by atoms with E-state index in [-0.39, 0.29) is 0 Å². The molecule has 19 heavy (non-hydrogen) atoms. The third-order valence-electron chi connectivity index (χ3n) is 3.59. The molecule has 0 bridgehead atoms. The van der Waals surface area contributed by atoms with Gasteiger partial charge in [0.1, 0.15) is 11.6 Å². The summed E-state index contributed by atoms with van der Waals surface area (Å²) in [6.07, 6.45) is 3.71. The number of hydrogen-bond acceptors (Lipinski definition) is 5. The van der Waals surface area contributed by atoms with E-state index in [0.29, 0.717) is 19.0 Å². The van der Waals surface area contributed by atoms with Gasteiger partial charge in [-0.3, -0.25) is 0 Å². The Bertz CT molecular complexity index is 427. The lowest BCUT2D eigenvalue weighted by Gasteiger charge is -2.33. The average molecular weight is 264 g/mol. The molecule has 0 spiro atoms. The van der Waals surface area contributed by atoms with Gasteiger partial charge in [0.25, 0.3) is 0 Å². The molecule has 0 aliphatic carbocycles. The molecule has 0 saturated carbocycles. The van der Waals surface area contributed by atoms with Crippen LogP contribution < -0.4 is 10.6 Å². The van der Waals surface area contributed by atoms with Crippen molar-refractivity contribution >= 4 is 5.82 Å². The number of β-amino-alcohol motifs (C(OH)–C–C–N with tert-alkyl or cyclic N) is 1. The number of anilines is 1. The predicted octanol–water partition coefficient (Wildman–Crippen LogP) is 1.43. The van der Waals surface area contributed by atoms with Gasteiger partial charge in [-0.25, -0.2) is 9.97 Å². The van der Waals surface area contributed by atoms with Crippen molar-refractivity contribution in [3.8, 4) is 0 Å². The Morgan fingerprint density at radius 2 is 2.32 bits per heavy atom. The molecule has 1 aromatic rings. The lowest BCUT2D eigenvalue weighted by molar-refractivity contribution is 0.0291. The van der Waals surface area contributed by atoms with Gasteiger partial charge >= 0.3 is 0 Å². The number of rotatable bonds is 4. The molecule has 1 aliphatic rings. The summed E-state index contributed by atoms with van der Waals surface area (Å²) < 4.78 is 0. The minimum Gasteiger partial charge on any atom is -0.387 e. The summed E-state index contributed by atoms with van der Waals surface area (Å²) in [6, 6.07) is 0. The van der Waals surface area contributed by atoms with Crippen LogP contribution >= 0.6 is 0 Å².